The molecule has 0 atom stereocenters. The van der Waals surface area contributed by atoms with E-state index in [0.29, 0.717) is 25.6 Å². The van der Waals surface area contributed by atoms with Crippen molar-refractivity contribution >= 4 is 6.03 Å². The van der Waals surface area contributed by atoms with E-state index in [1.54, 1.807) is 12.1 Å². The molecule has 2 aromatic rings. The Morgan fingerprint density at radius 3 is 2.59 bits per heavy atom. The van der Waals surface area contributed by atoms with E-state index in [4.69, 9.17) is 0 Å². The third-order valence-corrected chi connectivity index (χ3v) is 4.99. The third-order valence-electron chi connectivity index (χ3n) is 4.99. The Hall–Kier alpha value is -2.63. The number of carbonyl (C=O) groups is 1. The van der Waals surface area contributed by atoms with Crippen LogP contribution in [-0.4, -0.2) is 28.4 Å². The summed E-state index contributed by atoms with van der Waals surface area (Å²) in [5.41, 5.74) is 2.82. The van der Waals surface area contributed by atoms with E-state index in [-0.39, 0.29) is 11.6 Å². The van der Waals surface area contributed by atoms with Gasteiger partial charge in [0.1, 0.15) is 0 Å². The van der Waals surface area contributed by atoms with Crippen LogP contribution in [0, 0.1) is 6.92 Å². The summed E-state index contributed by atoms with van der Waals surface area (Å²) in [6.07, 6.45) is 6.44. The zero-order chi connectivity index (χ0) is 19.1. The van der Waals surface area contributed by atoms with Crippen LogP contribution in [0.4, 0.5) is 4.79 Å². The summed E-state index contributed by atoms with van der Waals surface area (Å²) in [5, 5.41) is 10.4. The molecule has 6 heteroatoms. The van der Waals surface area contributed by atoms with Gasteiger partial charge < -0.3 is 10.6 Å². The molecule has 1 saturated carbocycles. The number of carbonyl (C=O) groups excluding carboxylic acids is 1. The van der Waals surface area contributed by atoms with Crippen LogP contribution in [0.3, 0.4) is 0 Å². The van der Waals surface area contributed by atoms with Gasteiger partial charge >= 0.3 is 6.03 Å². The zero-order valence-electron chi connectivity index (χ0n) is 15.9. The van der Waals surface area contributed by atoms with E-state index in [2.05, 4.69) is 15.7 Å². The normalized spacial score (nSPS) is 14.7. The Kier molecular flexibility index (Phi) is 6.63. The minimum Gasteiger partial charge on any atom is -0.338 e. The minimum atomic E-state index is -0.127. The Bertz CT molecular complexity index is 808. The molecule has 2 N–H and O–H groups in total. The highest BCUT2D eigenvalue weighted by Crippen LogP contribution is 2.17. The molecule has 1 aromatic heterocycles. The Morgan fingerprint density at radius 2 is 1.85 bits per heavy atom. The Morgan fingerprint density at radius 1 is 1.11 bits per heavy atom. The highest BCUT2D eigenvalue weighted by molar-refractivity contribution is 5.74. The molecule has 0 spiro atoms. The summed E-state index contributed by atoms with van der Waals surface area (Å²) < 4.78 is 1.47. The molecule has 1 aromatic carbocycles. The number of benzene rings is 1. The first-order valence-electron chi connectivity index (χ1n) is 9.81. The van der Waals surface area contributed by atoms with E-state index < -0.39 is 0 Å². The molecule has 0 saturated heterocycles. The average molecular weight is 368 g/mol. The van der Waals surface area contributed by atoms with Gasteiger partial charge in [0.2, 0.25) is 0 Å². The van der Waals surface area contributed by atoms with Crippen LogP contribution in [0.15, 0.2) is 41.2 Å². The average Bonchev–Trinajstić information content (AvgIpc) is 2.68. The third kappa shape index (κ3) is 5.67. The maximum absolute atomic E-state index is 12.0. The predicted octanol–water partition coefficient (Wildman–Crippen LogP) is 3.24. The molecule has 1 aliphatic rings. The molecule has 27 heavy (non-hydrogen) atoms. The Labute approximate surface area is 160 Å². The fraction of sp³-hybridized carbons (Fsp3) is 0.476. The van der Waals surface area contributed by atoms with Crippen molar-refractivity contribution in [2.24, 2.45) is 0 Å². The SMILES string of the molecule is Cc1ccc(-c2ccc(=O)n(CCCNC(=O)NC3CCCCC3)n2)cc1. The van der Waals surface area contributed by atoms with Crippen LogP contribution < -0.4 is 16.2 Å². The summed E-state index contributed by atoms with van der Waals surface area (Å²) >= 11 is 0. The summed E-state index contributed by atoms with van der Waals surface area (Å²) in [6.45, 7) is 3.03. The molecule has 0 bridgehead atoms. The monoisotopic (exact) mass is 368 g/mol. The fourth-order valence-electron chi connectivity index (χ4n) is 3.40. The highest BCUT2D eigenvalue weighted by atomic mass is 16.2. The first-order valence-corrected chi connectivity index (χ1v) is 9.81. The number of aromatic nitrogens is 2. The summed E-state index contributed by atoms with van der Waals surface area (Å²) in [7, 11) is 0. The van der Waals surface area contributed by atoms with E-state index in [0.717, 1.165) is 24.1 Å². The van der Waals surface area contributed by atoms with Gasteiger partial charge in [-0.1, -0.05) is 49.1 Å². The quantitative estimate of drug-likeness (QED) is 0.769. The molecule has 1 heterocycles. The van der Waals surface area contributed by atoms with Crippen LogP contribution in [0.1, 0.15) is 44.1 Å². The molecule has 0 radical (unpaired) electrons. The molecule has 1 fully saturated rings. The van der Waals surface area contributed by atoms with E-state index in [1.165, 1.54) is 29.5 Å². The molecular formula is C21H28N4O2. The van der Waals surface area contributed by atoms with Crippen molar-refractivity contribution < 1.29 is 4.79 Å². The van der Waals surface area contributed by atoms with Crippen molar-refractivity contribution in [2.45, 2.75) is 58.0 Å². The van der Waals surface area contributed by atoms with Crippen LogP contribution >= 0.6 is 0 Å². The minimum absolute atomic E-state index is 0.115. The lowest BCUT2D eigenvalue weighted by atomic mass is 9.96. The van der Waals surface area contributed by atoms with Gasteiger partial charge in [0.05, 0.1) is 5.69 Å². The molecule has 1 aliphatic carbocycles. The summed E-state index contributed by atoms with van der Waals surface area (Å²) in [6, 6.07) is 11.5. The summed E-state index contributed by atoms with van der Waals surface area (Å²) in [5.74, 6) is 0. The van der Waals surface area contributed by atoms with Gasteiger partial charge in [0.15, 0.2) is 0 Å². The number of aryl methyl sites for hydroxylation is 2. The van der Waals surface area contributed by atoms with Gasteiger partial charge in [-0.25, -0.2) is 9.48 Å². The van der Waals surface area contributed by atoms with Gasteiger partial charge in [0, 0.05) is 30.8 Å². The Balaban J connectivity index is 1.49. The number of hydrogen-bond donors (Lipinski definition) is 2. The second-order valence-corrected chi connectivity index (χ2v) is 7.23. The predicted molar refractivity (Wildman–Crippen MR) is 107 cm³/mol. The smallest absolute Gasteiger partial charge is 0.315 e. The summed E-state index contributed by atoms with van der Waals surface area (Å²) in [4.78, 5) is 24.0. The van der Waals surface area contributed by atoms with Gasteiger partial charge in [-0.05, 0) is 32.3 Å². The van der Waals surface area contributed by atoms with Gasteiger partial charge in [-0.15, -0.1) is 0 Å². The molecule has 0 unspecified atom stereocenters. The van der Waals surface area contributed by atoms with E-state index in [9.17, 15) is 9.59 Å². The standard InChI is InChI=1S/C21H28N4O2/c1-16-8-10-17(11-9-16)19-12-13-20(26)25(24-19)15-5-14-22-21(27)23-18-6-3-2-4-7-18/h8-13,18H,2-7,14-15H2,1H3,(H2,22,23,27). The number of rotatable bonds is 6. The highest BCUT2D eigenvalue weighted by Gasteiger charge is 2.15. The van der Waals surface area contributed by atoms with Crippen molar-refractivity contribution in [1.29, 1.82) is 0 Å². The van der Waals surface area contributed by atoms with Crippen molar-refractivity contribution in [3.05, 3.63) is 52.3 Å². The number of amides is 2. The fourth-order valence-corrected chi connectivity index (χ4v) is 3.40. The van der Waals surface area contributed by atoms with Gasteiger partial charge in [-0.2, -0.15) is 5.10 Å². The number of hydrogen-bond acceptors (Lipinski definition) is 3. The number of nitrogens with zero attached hydrogens (tertiary/aromatic N) is 2. The van der Waals surface area contributed by atoms with Crippen molar-refractivity contribution in [3.63, 3.8) is 0 Å². The molecular weight excluding hydrogens is 340 g/mol. The van der Waals surface area contributed by atoms with Crippen LogP contribution in [0.25, 0.3) is 11.3 Å². The number of urea groups is 1. The van der Waals surface area contributed by atoms with Crippen molar-refractivity contribution in [2.75, 3.05) is 6.54 Å². The largest absolute Gasteiger partial charge is 0.338 e. The lowest BCUT2D eigenvalue weighted by molar-refractivity contribution is 0.232. The lowest BCUT2D eigenvalue weighted by Gasteiger charge is -2.22. The van der Waals surface area contributed by atoms with E-state index >= 15 is 0 Å². The second kappa shape index (κ2) is 9.35. The molecule has 6 nitrogen and oxygen atoms in total. The van der Waals surface area contributed by atoms with Crippen LogP contribution in [0.2, 0.25) is 0 Å². The van der Waals surface area contributed by atoms with Crippen molar-refractivity contribution in [1.82, 2.24) is 20.4 Å². The van der Waals surface area contributed by atoms with Gasteiger partial charge in [-0.3, -0.25) is 4.79 Å². The second-order valence-electron chi connectivity index (χ2n) is 7.23. The van der Waals surface area contributed by atoms with Crippen LogP contribution in [0.5, 0.6) is 0 Å². The zero-order valence-corrected chi connectivity index (χ0v) is 15.9. The van der Waals surface area contributed by atoms with Crippen molar-refractivity contribution in [3.8, 4) is 11.3 Å². The van der Waals surface area contributed by atoms with E-state index in [1.807, 2.05) is 31.2 Å². The maximum Gasteiger partial charge on any atom is 0.315 e. The molecule has 0 aliphatic heterocycles. The maximum atomic E-state index is 12.0. The molecule has 2 amide bonds. The molecule has 3 rings (SSSR count). The van der Waals surface area contributed by atoms with Gasteiger partial charge in [0.25, 0.3) is 5.56 Å². The lowest BCUT2D eigenvalue weighted by Crippen LogP contribution is -2.43. The topological polar surface area (TPSA) is 76.0 Å². The molecule has 144 valence electrons. The first-order chi connectivity index (χ1) is 13.1. The number of nitrogens with one attached hydrogen (secondary N) is 2. The van der Waals surface area contributed by atoms with Crippen LogP contribution in [-0.2, 0) is 6.54 Å². The first kappa shape index (κ1) is 19.1.